The zero-order valence-corrected chi connectivity index (χ0v) is 27.9. The van der Waals surface area contributed by atoms with Crippen molar-refractivity contribution in [3.63, 3.8) is 0 Å². The van der Waals surface area contributed by atoms with Gasteiger partial charge in [-0.15, -0.1) is 11.3 Å². The van der Waals surface area contributed by atoms with Crippen molar-refractivity contribution in [2.75, 3.05) is 25.5 Å². The summed E-state index contributed by atoms with van der Waals surface area (Å²) in [4.78, 5) is 64.6. The predicted octanol–water partition coefficient (Wildman–Crippen LogP) is 3.86. The Kier molecular flexibility index (Phi) is 14.6. The topological polar surface area (TPSA) is 169 Å². The predicted molar refractivity (Wildman–Crippen MR) is 173 cm³/mol. The number of carbonyl (C=O) groups excluding carboxylic acids is 5. The smallest absolute Gasteiger partial charge is 0.341 e. The Morgan fingerprint density at radius 1 is 0.911 bits per heavy atom. The molecule has 1 heterocycles. The van der Waals surface area contributed by atoms with Gasteiger partial charge in [0, 0.05) is 13.1 Å². The molecule has 2 rings (SSSR count). The van der Waals surface area contributed by atoms with Gasteiger partial charge in [-0.3, -0.25) is 19.2 Å². The van der Waals surface area contributed by atoms with Crippen LogP contribution in [0, 0.1) is 24.6 Å². The van der Waals surface area contributed by atoms with Crippen molar-refractivity contribution in [3.05, 3.63) is 51.7 Å². The van der Waals surface area contributed by atoms with Crippen molar-refractivity contribution in [3.8, 4) is 0 Å². The third-order valence-electron chi connectivity index (χ3n) is 7.09. The number of carbonyl (C=O) groups is 5. The summed E-state index contributed by atoms with van der Waals surface area (Å²) >= 11 is 0.930. The van der Waals surface area contributed by atoms with Gasteiger partial charge in [-0.2, -0.15) is 0 Å². The molecule has 11 nitrogen and oxygen atoms in total. The van der Waals surface area contributed by atoms with Crippen LogP contribution in [0.2, 0.25) is 0 Å². The molecular weight excluding hydrogens is 601 g/mol. The second kappa shape index (κ2) is 17.6. The number of anilines is 1. The first-order chi connectivity index (χ1) is 21.2. The van der Waals surface area contributed by atoms with Crippen LogP contribution in [-0.4, -0.2) is 61.9 Å². The van der Waals surface area contributed by atoms with Crippen LogP contribution in [0.1, 0.15) is 91.0 Å². The van der Waals surface area contributed by atoms with Gasteiger partial charge in [-0.25, -0.2) is 9.18 Å². The summed E-state index contributed by atoms with van der Waals surface area (Å²) in [6, 6.07) is 4.11. The molecule has 0 aliphatic heterocycles. The molecule has 2 aromatic rings. The maximum atomic E-state index is 13.4. The Morgan fingerprint density at radius 3 is 2.07 bits per heavy atom. The SMILES string of the molecule is CCC(C(=O)Nc1sc(C(=O)NCCNC(=O)C(CC(C)C)NC(=O)C(N)CC(C)C)c(C)c1C(=O)OC)c1ccc(F)cc1. The lowest BCUT2D eigenvalue weighted by Crippen LogP contribution is -2.53. The number of amides is 4. The summed E-state index contributed by atoms with van der Waals surface area (Å²) in [5, 5.41) is 11.1. The largest absolute Gasteiger partial charge is 0.465 e. The van der Waals surface area contributed by atoms with E-state index in [4.69, 9.17) is 10.5 Å². The van der Waals surface area contributed by atoms with E-state index in [1.807, 2.05) is 34.6 Å². The van der Waals surface area contributed by atoms with Crippen molar-refractivity contribution in [2.24, 2.45) is 17.6 Å². The molecule has 3 unspecified atom stereocenters. The van der Waals surface area contributed by atoms with Gasteiger partial charge in [-0.05, 0) is 61.3 Å². The van der Waals surface area contributed by atoms with Crippen molar-refractivity contribution in [1.29, 1.82) is 0 Å². The summed E-state index contributed by atoms with van der Waals surface area (Å²) in [6.45, 7) is 11.3. The normalized spacial score (nSPS) is 13.1. The molecule has 13 heteroatoms. The fraction of sp³-hybridized carbons (Fsp3) is 0.531. The zero-order valence-electron chi connectivity index (χ0n) is 27.0. The molecule has 0 saturated heterocycles. The minimum absolute atomic E-state index is 0.0613. The van der Waals surface area contributed by atoms with E-state index in [9.17, 15) is 28.4 Å². The third kappa shape index (κ3) is 10.9. The quantitative estimate of drug-likeness (QED) is 0.136. The van der Waals surface area contributed by atoms with E-state index in [0.29, 0.717) is 30.4 Å². The minimum Gasteiger partial charge on any atom is -0.465 e. The Balaban J connectivity index is 2.09. The van der Waals surface area contributed by atoms with Crippen molar-refractivity contribution >= 4 is 45.9 Å². The molecule has 0 aliphatic rings. The average molecular weight is 648 g/mol. The standard InChI is InChI=1S/C32H46FN5O6S/c1-8-22(20-9-11-21(33)12-10-20)27(39)38-31-25(32(43)44-7)19(6)26(45-31)30(42)36-14-13-35-29(41)24(16-18(4)5)37-28(40)23(34)15-17(2)3/h9-12,17-18,22-24H,8,13-16,34H2,1-7H3,(H,35,41)(H,36,42)(H,37,40)(H,38,39). The lowest BCUT2D eigenvalue weighted by Gasteiger charge is -2.22. The van der Waals surface area contributed by atoms with Crippen LogP contribution in [0.15, 0.2) is 24.3 Å². The molecule has 0 bridgehead atoms. The summed E-state index contributed by atoms with van der Waals surface area (Å²) in [6.07, 6.45) is 1.32. The highest BCUT2D eigenvalue weighted by atomic mass is 32.1. The molecule has 3 atom stereocenters. The van der Waals surface area contributed by atoms with E-state index in [2.05, 4.69) is 21.3 Å². The Bertz CT molecular complexity index is 1340. The molecule has 248 valence electrons. The summed E-state index contributed by atoms with van der Waals surface area (Å²) < 4.78 is 18.3. The lowest BCUT2D eigenvalue weighted by atomic mass is 9.95. The van der Waals surface area contributed by atoms with E-state index in [-0.39, 0.29) is 46.3 Å². The molecule has 1 aromatic heterocycles. The Labute approximate surface area is 268 Å². The Hall–Kier alpha value is -3.84. The van der Waals surface area contributed by atoms with E-state index < -0.39 is 47.5 Å². The number of hydrogen-bond donors (Lipinski definition) is 5. The van der Waals surface area contributed by atoms with E-state index in [1.54, 1.807) is 6.92 Å². The number of nitrogens with two attached hydrogens (primary N) is 1. The minimum atomic E-state index is -0.776. The number of esters is 1. The van der Waals surface area contributed by atoms with E-state index >= 15 is 0 Å². The second-order valence-electron chi connectivity index (χ2n) is 11.7. The fourth-order valence-electron chi connectivity index (χ4n) is 4.79. The van der Waals surface area contributed by atoms with Gasteiger partial charge in [0.1, 0.15) is 16.9 Å². The van der Waals surface area contributed by atoms with Gasteiger partial charge in [0.2, 0.25) is 17.7 Å². The molecule has 0 aliphatic carbocycles. The van der Waals surface area contributed by atoms with Crippen LogP contribution in [0.5, 0.6) is 0 Å². The summed E-state index contributed by atoms with van der Waals surface area (Å²) in [5.74, 6) is -3.10. The van der Waals surface area contributed by atoms with Crippen LogP contribution in [0.25, 0.3) is 0 Å². The van der Waals surface area contributed by atoms with Crippen molar-refractivity contribution in [2.45, 2.75) is 78.8 Å². The highest BCUT2D eigenvalue weighted by Crippen LogP contribution is 2.35. The number of ether oxygens (including phenoxy) is 1. The zero-order chi connectivity index (χ0) is 33.8. The monoisotopic (exact) mass is 647 g/mol. The molecule has 6 N–H and O–H groups in total. The van der Waals surface area contributed by atoms with Crippen molar-refractivity contribution in [1.82, 2.24) is 16.0 Å². The van der Waals surface area contributed by atoms with E-state index in [0.717, 1.165) is 11.3 Å². The van der Waals surface area contributed by atoms with Crippen molar-refractivity contribution < 1.29 is 33.1 Å². The number of nitrogens with one attached hydrogen (secondary N) is 4. The van der Waals surface area contributed by atoms with Crippen LogP contribution >= 0.6 is 11.3 Å². The first kappa shape index (κ1) is 37.3. The molecule has 0 spiro atoms. The highest BCUT2D eigenvalue weighted by Gasteiger charge is 2.29. The number of halogens is 1. The van der Waals surface area contributed by atoms with Crippen LogP contribution in [0.4, 0.5) is 9.39 Å². The van der Waals surface area contributed by atoms with Gasteiger partial charge in [0.15, 0.2) is 0 Å². The van der Waals surface area contributed by atoms with Gasteiger partial charge < -0.3 is 31.7 Å². The first-order valence-electron chi connectivity index (χ1n) is 15.1. The molecule has 0 fully saturated rings. The maximum absolute atomic E-state index is 13.4. The van der Waals surface area contributed by atoms with Gasteiger partial charge in [-0.1, -0.05) is 46.8 Å². The molecule has 0 saturated carbocycles. The van der Waals surface area contributed by atoms with Crippen LogP contribution in [-0.2, 0) is 19.1 Å². The van der Waals surface area contributed by atoms with Gasteiger partial charge in [0.05, 0.1) is 29.5 Å². The fourth-order valence-corrected chi connectivity index (χ4v) is 5.91. The second-order valence-corrected chi connectivity index (χ2v) is 12.7. The third-order valence-corrected chi connectivity index (χ3v) is 8.29. The molecule has 1 aromatic carbocycles. The maximum Gasteiger partial charge on any atom is 0.341 e. The average Bonchev–Trinajstić information content (AvgIpc) is 3.30. The Morgan fingerprint density at radius 2 is 1.51 bits per heavy atom. The number of benzene rings is 1. The molecular formula is C32H46FN5O6S. The lowest BCUT2D eigenvalue weighted by molar-refractivity contribution is -0.130. The van der Waals surface area contributed by atoms with E-state index in [1.165, 1.54) is 31.4 Å². The number of hydrogen-bond acceptors (Lipinski definition) is 8. The van der Waals surface area contributed by atoms with Gasteiger partial charge in [0.25, 0.3) is 5.91 Å². The molecule has 0 radical (unpaired) electrons. The van der Waals surface area contributed by atoms with Gasteiger partial charge >= 0.3 is 5.97 Å². The highest BCUT2D eigenvalue weighted by molar-refractivity contribution is 7.18. The van der Waals surface area contributed by atoms with Crippen LogP contribution in [0.3, 0.4) is 0 Å². The summed E-state index contributed by atoms with van der Waals surface area (Å²) in [7, 11) is 1.20. The summed E-state index contributed by atoms with van der Waals surface area (Å²) in [5.41, 5.74) is 6.98. The number of thiophene rings is 1. The van der Waals surface area contributed by atoms with Crippen LogP contribution < -0.4 is 27.0 Å². The first-order valence-corrected chi connectivity index (χ1v) is 15.9. The molecule has 4 amide bonds. The number of rotatable bonds is 16. The molecule has 45 heavy (non-hydrogen) atoms. The number of methoxy groups -OCH3 is 1.